The molecule has 13 heteroatoms. The number of amides is 3. The normalized spacial score (nSPS) is 9.86. The van der Waals surface area contributed by atoms with Gasteiger partial charge in [0.1, 0.15) is 0 Å². The summed E-state index contributed by atoms with van der Waals surface area (Å²) in [4.78, 5) is 68.9. The zero-order chi connectivity index (χ0) is 21.5. The molecule has 13 nitrogen and oxygen atoms in total. The lowest BCUT2D eigenvalue weighted by Gasteiger charge is -2.22. The lowest BCUT2D eigenvalue weighted by atomic mass is 10.4. The van der Waals surface area contributed by atoms with E-state index in [1.807, 2.05) is 0 Å². The molecule has 3 N–H and O–H groups in total. The van der Waals surface area contributed by atoms with Crippen molar-refractivity contribution in [2.75, 3.05) is 60.6 Å². The number of ether oxygens (including phenoxy) is 3. The van der Waals surface area contributed by atoms with E-state index in [2.05, 4.69) is 30.2 Å². The summed E-state index contributed by atoms with van der Waals surface area (Å²) in [5, 5.41) is 7.02. The summed E-state index contributed by atoms with van der Waals surface area (Å²) in [6, 6.07) is 0. The SMILES string of the molecule is COC(=O)C(=O)NCCN(CCNC(=O)C(=O)OC)CCNC(=O)C(=O)OC. The molecule has 28 heavy (non-hydrogen) atoms. The molecule has 0 aromatic carbocycles. The van der Waals surface area contributed by atoms with Gasteiger partial charge in [0.25, 0.3) is 0 Å². The Balaban J connectivity index is 4.51. The minimum absolute atomic E-state index is 0.0732. The largest absolute Gasteiger partial charge is 0.462 e. The van der Waals surface area contributed by atoms with Crippen LogP contribution in [0.5, 0.6) is 0 Å². The van der Waals surface area contributed by atoms with Crippen LogP contribution >= 0.6 is 0 Å². The molecule has 0 heterocycles. The van der Waals surface area contributed by atoms with Gasteiger partial charge in [-0.3, -0.25) is 19.3 Å². The molecular weight excluding hydrogens is 380 g/mol. The molecule has 0 aliphatic carbocycles. The highest BCUT2D eigenvalue weighted by atomic mass is 16.5. The second-order valence-corrected chi connectivity index (χ2v) is 5.08. The Morgan fingerprint density at radius 3 is 1.04 bits per heavy atom. The average Bonchev–Trinajstić information content (AvgIpc) is 2.70. The number of hydrogen-bond acceptors (Lipinski definition) is 10. The van der Waals surface area contributed by atoms with Crippen LogP contribution in [0.2, 0.25) is 0 Å². The second-order valence-electron chi connectivity index (χ2n) is 5.08. The van der Waals surface area contributed by atoms with Crippen LogP contribution in [0.15, 0.2) is 0 Å². The molecule has 0 atom stereocenters. The van der Waals surface area contributed by atoms with E-state index in [4.69, 9.17) is 0 Å². The van der Waals surface area contributed by atoms with Crippen LogP contribution in [0.3, 0.4) is 0 Å². The molecule has 0 aliphatic rings. The summed E-state index contributed by atoms with van der Waals surface area (Å²) < 4.78 is 12.8. The van der Waals surface area contributed by atoms with Crippen molar-refractivity contribution in [1.29, 1.82) is 0 Å². The molecular formula is C15H24N4O9. The zero-order valence-corrected chi connectivity index (χ0v) is 15.9. The van der Waals surface area contributed by atoms with E-state index >= 15 is 0 Å². The molecule has 0 unspecified atom stereocenters. The first-order valence-electron chi connectivity index (χ1n) is 8.07. The molecule has 0 fully saturated rings. The lowest BCUT2D eigenvalue weighted by molar-refractivity contribution is -0.152. The molecule has 0 spiro atoms. The Morgan fingerprint density at radius 2 is 0.821 bits per heavy atom. The monoisotopic (exact) mass is 404 g/mol. The van der Waals surface area contributed by atoms with Gasteiger partial charge in [0.15, 0.2) is 0 Å². The summed E-state index contributed by atoms with van der Waals surface area (Å²) in [7, 11) is 3.21. The fraction of sp³-hybridized carbons (Fsp3) is 0.600. The Morgan fingerprint density at radius 1 is 0.571 bits per heavy atom. The van der Waals surface area contributed by atoms with Crippen molar-refractivity contribution in [3.63, 3.8) is 0 Å². The smallest absolute Gasteiger partial charge is 0.396 e. The Kier molecular flexibility index (Phi) is 12.3. The van der Waals surface area contributed by atoms with Crippen molar-refractivity contribution in [2.24, 2.45) is 0 Å². The van der Waals surface area contributed by atoms with Crippen LogP contribution in [0.1, 0.15) is 0 Å². The topological polar surface area (TPSA) is 169 Å². The Bertz CT molecular complexity index is 513. The molecule has 0 rings (SSSR count). The molecule has 158 valence electrons. The van der Waals surface area contributed by atoms with Gasteiger partial charge in [-0.1, -0.05) is 0 Å². The van der Waals surface area contributed by atoms with Crippen molar-refractivity contribution in [3.8, 4) is 0 Å². The van der Waals surface area contributed by atoms with Gasteiger partial charge >= 0.3 is 35.6 Å². The molecule has 0 saturated carbocycles. The van der Waals surface area contributed by atoms with E-state index in [1.54, 1.807) is 4.90 Å². The van der Waals surface area contributed by atoms with Crippen LogP contribution in [-0.2, 0) is 43.0 Å². The first kappa shape index (κ1) is 24.8. The molecule has 0 aromatic rings. The number of esters is 3. The third kappa shape index (κ3) is 10.1. The number of nitrogens with zero attached hydrogens (tertiary/aromatic N) is 1. The summed E-state index contributed by atoms with van der Waals surface area (Å²) in [6.45, 7) is 0.943. The number of nitrogens with one attached hydrogen (secondary N) is 3. The van der Waals surface area contributed by atoms with Crippen molar-refractivity contribution >= 4 is 35.6 Å². The molecule has 3 amide bonds. The van der Waals surface area contributed by atoms with Gasteiger partial charge in [0.05, 0.1) is 21.3 Å². The average molecular weight is 404 g/mol. The van der Waals surface area contributed by atoms with Gasteiger partial charge in [-0.05, 0) is 0 Å². The minimum Gasteiger partial charge on any atom is -0.462 e. The van der Waals surface area contributed by atoms with Gasteiger partial charge < -0.3 is 30.2 Å². The van der Waals surface area contributed by atoms with E-state index in [0.29, 0.717) is 0 Å². The first-order chi connectivity index (χ1) is 13.3. The van der Waals surface area contributed by atoms with E-state index in [0.717, 1.165) is 21.3 Å². The summed E-state index contributed by atoms with van der Waals surface area (Å²) in [5.74, 6) is -5.87. The van der Waals surface area contributed by atoms with Gasteiger partial charge in [-0.2, -0.15) is 0 Å². The van der Waals surface area contributed by atoms with Crippen LogP contribution in [0, 0.1) is 0 Å². The van der Waals surface area contributed by atoms with Crippen molar-refractivity contribution in [3.05, 3.63) is 0 Å². The highest BCUT2D eigenvalue weighted by molar-refractivity contribution is 6.33. The predicted molar refractivity (Wildman–Crippen MR) is 91.5 cm³/mol. The van der Waals surface area contributed by atoms with Gasteiger partial charge in [0, 0.05) is 39.3 Å². The van der Waals surface area contributed by atoms with E-state index < -0.39 is 35.6 Å². The maximum Gasteiger partial charge on any atom is 0.396 e. The van der Waals surface area contributed by atoms with E-state index in [9.17, 15) is 28.8 Å². The number of methoxy groups -OCH3 is 3. The summed E-state index contributed by atoms with van der Waals surface area (Å²) in [6.07, 6.45) is 0. The van der Waals surface area contributed by atoms with Crippen molar-refractivity contribution in [2.45, 2.75) is 0 Å². The number of hydrogen-bond donors (Lipinski definition) is 3. The van der Waals surface area contributed by atoms with E-state index in [1.165, 1.54) is 0 Å². The van der Waals surface area contributed by atoms with Gasteiger partial charge in [-0.25, -0.2) is 14.4 Å². The molecule has 0 bridgehead atoms. The molecule has 0 radical (unpaired) electrons. The van der Waals surface area contributed by atoms with Crippen LogP contribution in [0.25, 0.3) is 0 Å². The zero-order valence-electron chi connectivity index (χ0n) is 15.9. The quantitative estimate of drug-likeness (QED) is 0.196. The van der Waals surface area contributed by atoms with Crippen LogP contribution in [0.4, 0.5) is 0 Å². The molecule has 0 aliphatic heterocycles. The van der Waals surface area contributed by atoms with Gasteiger partial charge in [0.2, 0.25) is 0 Å². The third-order valence-corrected chi connectivity index (χ3v) is 3.25. The van der Waals surface area contributed by atoms with Crippen LogP contribution < -0.4 is 16.0 Å². The highest BCUT2D eigenvalue weighted by Gasteiger charge is 2.16. The van der Waals surface area contributed by atoms with Crippen molar-refractivity contribution in [1.82, 2.24) is 20.9 Å². The third-order valence-electron chi connectivity index (χ3n) is 3.25. The predicted octanol–water partition coefficient (Wildman–Crippen LogP) is -3.84. The maximum absolute atomic E-state index is 11.4. The lowest BCUT2D eigenvalue weighted by Crippen LogP contribution is -2.45. The van der Waals surface area contributed by atoms with Crippen LogP contribution in [-0.4, -0.2) is 101 Å². The standard InChI is InChI=1S/C15H24N4O9/c1-26-13(23)10(20)16-4-7-19(8-5-17-11(21)14(24)27-2)9-6-18-12(22)15(25)28-3/h4-9H2,1-3H3,(H,16,20)(H,17,21)(H,18,22). The highest BCUT2D eigenvalue weighted by Crippen LogP contribution is 1.88. The van der Waals surface area contributed by atoms with E-state index in [-0.39, 0.29) is 39.3 Å². The fourth-order valence-electron chi connectivity index (χ4n) is 1.81. The van der Waals surface area contributed by atoms with Gasteiger partial charge in [-0.15, -0.1) is 0 Å². The summed E-state index contributed by atoms with van der Waals surface area (Å²) >= 11 is 0. The Labute approximate surface area is 161 Å². The minimum atomic E-state index is -1.04. The first-order valence-corrected chi connectivity index (χ1v) is 8.07. The second kappa shape index (κ2) is 13.9. The maximum atomic E-state index is 11.4. The number of carbonyl (C=O) groups excluding carboxylic acids is 6. The van der Waals surface area contributed by atoms with Crippen molar-refractivity contribution < 1.29 is 43.0 Å². The number of rotatable bonds is 9. The molecule has 0 saturated heterocycles. The fourth-order valence-corrected chi connectivity index (χ4v) is 1.81. The molecule has 0 aromatic heterocycles. The summed E-state index contributed by atoms with van der Waals surface area (Å²) in [5.41, 5.74) is 0. The Hall–Kier alpha value is -3.22. The number of carbonyl (C=O) groups is 6.